The van der Waals surface area contributed by atoms with Gasteiger partial charge in [-0.2, -0.15) is 31.8 Å². The molecule has 0 spiro atoms. The largest absolute Gasteiger partial charge is 0.505 e. The Balaban J connectivity index is 1.87. The average molecular weight is 601 g/mol. The van der Waals surface area contributed by atoms with Gasteiger partial charge in [-0.1, -0.05) is 6.07 Å². The summed E-state index contributed by atoms with van der Waals surface area (Å²) >= 11 is 11.5. The fraction of sp³-hybridized carbons (Fsp3) is 0.0500. The first-order chi connectivity index (χ1) is 17.8. The summed E-state index contributed by atoms with van der Waals surface area (Å²) in [6.07, 6.45) is 0. The molecule has 0 saturated heterocycles. The maximum atomic E-state index is 12.1. The van der Waals surface area contributed by atoms with Gasteiger partial charge >= 0.3 is 0 Å². The molecule has 0 fully saturated rings. The molecule has 0 aliphatic heterocycles. The van der Waals surface area contributed by atoms with Crippen molar-refractivity contribution in [2.24, 2.45) is 10.2 Å². The number of benzene rings is 3. The minimum atomic E-state index is -4.94. The molecule has 4 aromatic rings. The Labute approximate surface area is 224 Å². The minimum Gasteiger partial charge on any atom is -0.505 e. The van der Waals surface area contributed by atoms with Crippen LogP contribution in [0.2, 0.25) is 10.6 Å². The number of halogens is 2. The van der Waals surface area contributed by atoms with Crippen LogP contribution in [0, 0.1) is 0 Å². The molecule has 0 amide bonds. The highest BCUT2D eigenvalue weighted by Crippen LogP contribution is 2.43. The number of hydrogen-bond donors (Lipinski definition) is 4. The van der Waals surface area contributed by atoms with Gasteiger partial charge in [-0.05, 0) is 58.9 Å². The molecule has 38 heavy (non-hydrogen) atoms. The van der Waals surface area contributed by atoms with Crippen LogP contribution in [0.5, 0.6) is 11.5 Å². The molecule has 4 rings (SSSR count). The summed E-state index contributed by atoms with van der Waals surface area (Å²) in [5.74, 6) is -0.679. The molecule has 14 nitrogen and oxygen atoms in total. The highest BCUT2D eigenvalue weighted by atomic mass is 35.5. The van der Waals surface area contributed by atoms with Crippen molar-refractivity contribution in [1.29, 1.82) is 0 Å². The van der Waals surface area contributed by atoms with E-state index in [1.165, 1.54) is 31.4 Å². The second-order valence-electron chi connectivity index (χ2n) is 7.31. The Bertz CT molecular complexity index is 1820. The number of phenols is 1. The Morgan fingerprint density at radius 3 is 2.13 bits per heavy atom. The molecule has 0 aliphatic rings. The first kappa shape index (κ1) is 27.4. The summed E-state index contributed by atoms with van der Waals surface area (Å²) < 4.78 is 72.0. The maximum Gasteiger partial charge on any atom is 0.296 e. The minimum absolute atomic E-state index is 0.0273. The van der Waals surface area contributed by atoms with Crippen LogP contribution in [0.1, 0.15) is 0 Å². The van der Waals surface area contributed by atoms with Gasteiger partial charge in [-0.15, -0.1) is 10.2 Å². The van der Waals surface area contributed by atoms with Crippen molar-refractivity contribution < 1.29 is 35.8 Å². The number of aromatic hydroxyl groups is 1. The average Bonchev–Trinajstić information content (AvgIpc) is 2.81. The van der Waals surface area contributed by atoms with Crippen LogP contribution in [0.25, 0.3) is 10.8 Å². The van der Waals surface area contributed by atoms with Gasteiger partial charge in [0.25, 0.3) is 20.2 Å². The zero-order valence-electron chi connectivity index (χ0n) is 18.7. The number of hydrogen-bond acceptors (Lipinski definition) is 12. The topological polar surface area (TPSA) is 214 Å². The molecule has 0 aliphatic carbocycles. The first-order valence-corrected chi connectivity index (χ1v) is 13.6. The molecule has 0 radical (unpaired) electrons. The lowest BCUT2D eigenvalue weighted by atomic mass is 10.1. The van der Waals surface area contributed by atoms with E-state index in [4.69, 9.17) is 27.9 Å². The number of fused-ring (bicyclic) bond motifs is 1. The Morgan fingerprint density at radius 1 is 0.868 bits per heavy atom. The van der Waals surface area contributed by atoms with Crippen LogP contribution in [-0.2, 0) is 20.2 Å². The molecular formula is C20H14Cl2N6O8S2. The van der Waals surface area contributed by atoms with E-state index in [2.05, 4.69) is 30.5 Å². The molecule has 3 aromatic carbocycles. The van der Waals surface area contributed by atoms with E-state index >= 15 is 0 Å². The number of nitrogens with zero attached hydrogens (tertiary/aromatic N) is 5. The number of azo groups is 1. The van der Waals surface area contributed by atoms with Crippen molar-refractivity contribution in [1.82, 2.24) is 15.0 Å². The van der Waals surface area contributed by atoms with E-state index in [0.717, 1.165) is 18.2 Å². The summed E-state index contributed by atoms with van der Waals surface area (Å²) in [6.45, 7) is 0. The van der Waals surface area contributed by atoms with Gasteiger partial charge in [0.1, 0.15) is 26.9 Å². The van der Waals surface area contributed by atoms with Gasteiger partial charge in [-0.3, -0.25) is 9.11 Å². The fourth-order valence-corrected chi connectivity index (χ4v) is 4.90. The number of methoxy groups -OCH3 is 1. The van der Waals surface area contributed by atoms with E-state index in [0.29, 0.717) is 5.69 Å². The molecule has 1 heterocycles. The Hall–Kier alpha value is -3.67. The van der Waals surface area contributed by atoms with Crippen molar-refractivity contribution in [3.05, 3.63) is 53.0 Å². The van der Waals surface area contributed by atoms with Crippen LogP contribution >= 0.6 is 23.2 Å². The molecule has 0 atom stereocenters. The molecule has 0 bridgehead atoms. The molecular weight excluding hydrogens is 587 g/mol. The summed E-state index contributed by atoms with van der Waals surface area (Å²) in [4.78, 5) is 9.83. The quantitative estimate of drug-likeness (QED) is 0.168. The van der Waals surface area contributed by atoms with E-state index in [9.17, 15) is 31.0 Å². The van der Waals surface area contributed by atoms with Crippen LogP contribution < -0.4 is 10.1 Å². The lowest BCUT2D eigenvalue weighted by molar-refractivity contribution is 0.412. The molecule has 18 heteroatoms. The highest BCUT2D eigenvalue weighted by Gasteiger charge is 2.23. The van der Waals surface area contributed by atoms with Gasteiger partial charge in [0.15, 0.2) is 5.75 Å². The predicted molar refractivity (Wildman–Crippen MR) is 136 cm³/mol. The van der Waals surface area contributed by atoms with Gasteiger partial charge < -0.3 is 15.2 Å². The van der Waals surface area contributed by atoms with Gasteiger partial charge in [0, 0.05) is 17.1 Å². The number of rotatable bonds is 7. The summed E-state index contributed by atoms with van der Waals surface area (Å²) in [7, 11) is -8.48. The zero-order chi connectivity index (χ0) is 27.8. The third kappa shape index (κ3) is 5.90. The Kier molecular flexibility index (Phi) is 7.37. The van der Waals surface area contributed by atoms with Crippen LogP contribution in [0.3, 0.4) is 0 Å². The lowest BCUT2D eigenvalue weighted by Gasteiger charge is -2.11. The van der Waals surface area contributed by atoms with Crippen LogP contribution in [0.15, 0.2) is 62.5 Å². The number of phenolic OH excluding ortho intramolecular Hbond substituents is 1. The molecule has 4 N–H and O–H groups in total. The molecule has 1 aromatic heterocycles. The number of anilines is 2. The summed E-state index contributed by atoms with van der Waals surface area (Å²) in [5.41, 5.74) is -0.814. The van der Waals surface area contributed by atoms with Crippen LogP contribution in [0.4, 0.5) is 23.0 Å². The number of ether oxygens (including phenoxy) is 1. The Morgan fingerprint density at radius 2 is 1.53 bits per heavy atom. The lowest BCUT2D eigenvalue weighted by Crippen LogP contribution is -2.01. The molecule has 198 valence electrons. The molecule has 0 unspecified atom stereocenters. The monoisotopic (exact) mass is 600 g/mol. The summed E-state index contributed by atoms with van der Waals surface area (Å²) in [6, 6.07) is 8.70. The van der Waals surface area contributed by atoms with Crippen molar-refractivity contribution in [3.63, 3.8) is 0 Å². The van der Waals surface area contributed by atoms with E-state index < -0.39 is 47.2 Å². The zero-order valence-corrected chi connectivity index (χ0v) is 21.9. The predicted octanol–water partition coefficient (Wildman–Crippen LogP) is 4.70. The number of aromatic nitrogens is 3. The maximum absolute atomic E-state index is 12.1. The van der Waals surface area contributed by atoms with Gasteiger partial charge in [0.05, 0.1) is 7.11 Å². The van der Waals surface area contributed by atoms with Gasteiger partial charge in [-0.25, -0.2) is 0 Å². The van der Waals surface area contributed by atoms with E-state index in [1.807, 2.05) is 0 Å². The normalized spacial score (nSPS) is 12.2. The molecule has 0 saturated carbocycles. The van der Waals surface area contributed by atoms with Crippen LogP contribution in [-0.4, -0.2) is 53.1 Å². The fourth-order valence-electron chi connectivity index (χ4n) is 3.24. The summed E-state index contributed by atoms with van der Waals surface area (Å²) in [5, 5.41) is 21.0. The third-order valence-electron chi connectivity index (χ3n) is 4.87. The van der Waals surface area contributed by atoms with E-state index in [-0.39, 0.29) is 33.0 Å². The smallest absolute Gasteiger partial charge is 0.296 e. The van der Waals surface area contributed by atoms with Gasteiger partial charge in [0.2, 0.25) is 16.5 Å². The SMILES string of the molecule is COc1ccc(/N=N/c2c(S(=O)(=O)O)cc3ccc(Nc4nc(Cl)nc(Cl)n4)cc3c2O)c(S(=O)(=O)O)c1. The highest BCUT2D eigenvalue weighted by molar-refractivity contribution is 7.86. The number of nitrogens with one attached hydrogen (secondary N) is 1. The standard InChI is InChI=1S/C20H14Cl2N6O8S2/c1-36-11-4-5-13(14(8-11)37(30,31)32)27-28-16-15(38(33,34)35)6-9-2-3-10(7-12(9)17(16)29)23-20-25-18(21)24-19(22)26-20/h2-8,29H,1H3,(H,30,31,32)(H,33,34,35)(H,23,24,25,26)/b28-27+. The van der Waals surface area contributed by atoms with E-state index in [1.54, 1.807) is 0 Å². The van der Waals surface area contributed by atoms with Crippen molar-refractivity contribution in [2.75, 3.05) is 12.4 Å². The second-order valence-corrected chi connectivity index (χ2v) is 10.8. The third-order valence-corrected chi connectivity index (χ3v) is 6.96. The van der Waals surface area contributed by atoms with Crippen molar-refractivity contribution >= 4 is 77.2 Å². The second kappa shape index (κ2) is 10.2. The van der Waals surface area contributed by atoms with Crippen molar-refractivity contribution in [3.8, 4) is 11.5 Å². The first-order valence-electron chi connectivity index (χ1n) is 9.95. The van der Waals surface area contributed by atoms with Crippen molar-refractivity contribution in [2.45, 2.75) is 9.79 Å².